The van der Waals surface area contributed by atoms with Crippen LogP contribution in [0.3, 0.4) is 0 Å². The first-order chi connectivity index (χ1) is 14.8. The number of benzene rings is 1. The number of ether oxygens (including phenoxy) is 2. The Kier molecular flexibility index (Phi) is 7.80. The van der Waals surface area contributed by atoms with E-state index in [2.05, 4.69) is 11.1 Å². The molecule has 9 nitrogen and oxygen atoms in total. The average Bonchev–Trinajstić information content (AvgIpc) is 2.73. The third kappa shape index (κ3) is 5.22. The van der Waals surface area contributed by atoms with Gasteiger partial charge in [0, 0.05) is 37.6 Å². The van der Waals surface area contributed by atoms with Crippen molar-refractivity contribution in [2.45, 2.75) is 39.8 Å². The number of aromatic nitrogens is 1. The Labute approximate surface area is 181 Å². The van der Waals surface area contributed by atoms with Crippen LogP contribution in [0.2, 0.25) is 0 Å². The van der Waals surface area contributed by atoms with Gasteiger partial charge in [-0.3, -0.25) is 9.59 Å². The minimum absolute atomic E-state index is 0.00266. The molecule has 0 fully saturated rings. The Balaban J connectivity index is 0.00000107. The highest BCUT2D eigenvalue weighted by molar-refractivity contribution is 5.82. The first kappa shape index (κ1) is 23.5. The van der Waals surface area contributed by atoms with Crippen molar-refractivity contribution in [3.05, 3.63) is 35.0 Å². The maximum Gasteiger partial charge on any atom is 0.290 e. The zero-order valence-corrected chi connectivity index (χ0v) is 18.0. The fourth-order valence-corrected chi connectivity index (χ4v) is 3.45. The van der Waals surface area contributed by atoms with E-state index in [-0.39, 0.29) is 24.3 Å². The summed E-state index contributed by atoms with van der Waals surface area (Å²) >= 11 is 0. The molecule has 2 heterocycles. The van der Waals surface area contributed by atoms with E-state index in [9.17, 15) is 10.1 Å². The number of fused-ring (bicyclic) bond motifs is 1. The first-order valence-electron chi connectivity index (χ1n) is 9.67. The lowest BCUT2D eigenvalue weighted by atomic mass is 9.91. The highest BCUT2D eigenvalue weighted by atomic mass is 16.5. The van der Waals surface area contributed by atoms with Crippen molar-refractivity contribution < 1.29 is 24.2 Å². The van der Waals surface area contributed by atoms with Crippen molar-refractivity contribution in [2.24, 2.45) is 0 Å². The van der Waals surface area contributed by atoms with Crippen molar-refractivity contribution in [3.63, 3.8) is 0 Å². The molecule has 3 N–H and O–H groups in total. The number of hydrogen-bond acceptors (Lipinski definition) is 7. The van der Waals surface area contributed by atoms with E-state index >= 15 is 0 Å². The second-order valence-electron chi connectivity index (χ2n) is 7.11. The van der Waals surface area contributed by atoms with Gasteiger partial charge in [0.1, 0.15) is 17.5 Å². The predicted octanol–water partition coefficient (Wildman–Crippen LogP) is 2.60. The maximum atomic E-state index is 11.9. The highest BCUT2D eigenvalue weighted by Gasteiger charge is 2.27. The number of carbonyl (C=O) groups excluding carboxylic acids is 1. The molecule has 1 amide bonds. The van der Waals surface area contributed by atoms with Crippen LogP contribution in [0.25, 0.3) is 11.1 Å². The molecule has 2 aromatic rings. The van der Waals surface area contributed by atoms with Crippen LogP contribution in [0.4, 0.5) is 5.82 Å². The van der Waals surface area contributed by atoms with Gasteiger partial charge in [-0.05, 0) is 31.5 Å². The molecule has 9 heteroatoms. The normalized spacial score (nSPS) is 12.2. The summed E-state index contributed by atoms with van der Waals surface area (Å²) in [4.78, 5) is 26.4. The van der Waals surface area contributed by atoms with Gasteiger partial charge in [0.05, 0.1) is 18.9 Å². The number of nitrogen functional groups attached to an aromatic ring is 1. The zero-order valence-electron chi connectivity index (χ0n) is 18.0. The molecular formula is C22H26N4O5. The van der Waals surface area contributed by atoms with Crippen LogP contribution < -0.4 is 15.2 Å². The van der Waals surface area contributed by atoms with Gasteiger partial charge >= 0.3 is 0 Å². The van der Waals surface area contributed by atoms with E-state index in [4.69, 9.17) is 25.1 Å². The van der Waals surface area contributed by atoms with Gasteiger partial charge in [0.25, 0.3) is 6.47 Å². The van der Waals surface area contributed by atoms with Crippen molar-refractivity contribution in [2.75, 3.05) is 19.4 Å². The van der Waals surface area contributed by atoms with E-state index in [1.54, 1.807) is 18.9 Å². The number of carboxylic acid groups (broad SMARTS) is 1. The number of nitriles is 1. The summed E-state index contributed by atoms with van der Waals surface area (Å²) in [6.45, 7) is 6.16. The molecule has 1 aliphatic heterocycles. The molecule has 0 bridgehead atoms. The van der Waals surface area contributed by atoms with Crippen molar-refractivity contribution in [1.82, 2.24) is 9.88 Å². The van der Waals surface area contributed by atoms with Crippen LogP contribution in [0.5, 0.6) is 11.5 Å². The summed E-state index contributed by atoms with van der Waals surface area (Å²) in [5, 5.41) is 16.6. The highest BCUT2D eigenvalue weighted by Crippen LogP contribution is 2.39. The molecule has 164 valence electrons. The lowest BCUT2D eigenvalue weighted by Crippen LogP contribution is -2.35. The summed E-state index contributed by atoms with van der Waals surface area (Å²) in [5.74, 6) is 1.39. The minimum Gasteiger partial charge on any atom is -0.493 e. The van der Waals surface area contributed by atoms with E-state index in [1.807, 2.05) is 32.0 Å². The Bertz CT molecular complexity index is 1010. The van der Waals surface area contributed by atoms with Gasteiger partial charge in [0.15, 0.2) is 11.5 Å². The SMILES string of the molecule is COc1cc(-c2c(C#N)c(N)nc3c2CN(C(C)=O)CC3)ccc1OC(C)C.O=CO. The molecule has 0 aliphatic carbocycles. The van der Waals surface area contributed by atoms with Crippen molar-refractivity contribution in [1.29, 1.82) is 5.26 Å². The van der Waals surface area contributed by atoms with Crippen molar-refractivity contribution >= 4 is 18.2 Å². The third-order valence-corrected chi connectivity index (χ3v) is 4.75. The monoisotopic (exact) mass is 426 g/mol. The molecular weight excluding hydrogens is 400 g/mol. The van der Waals surface area contributed by atoms with Crippen LogP contribution in [0.1, 0.15) is 37.6 Å². The van der Waals surface area contributed by atoms with Crippen LogP contribution >= 0.6 is 0 Å². The van der Waals surface area contributed by atoms with Gasteiger partial charge in [-0.2, -0.15) is 5.26 Å². The number of rotatable bonds is 4. The summed E-state index contributed by atoms with van der Waals surface area (Å²) < 4.78 is 11.3. The number of nitrogens with two attached hydrogens (primary N) is 1. The topological polar surface area (TPSA) is 139 Å². The largest absolute Gasteiger partial charge is 0.493 e. The second kappa shape index (κ2) is 10.3. The fraction of sp³-hybridized carbons (Fsp3) is 0.364. The summed E-state index contributed by atoms with van der Waals surface area (Å²) in [5.41, 5.74) is 9.55. The number of nitrogens with zero attached hydrogens (tertiary/aromatic N) is 3. The molecule has 3 rings (SSSR count). The smallest absolute Gasteiger partial charge is 0.290 e. The Morgan fingerprint density at radius 3 is 2.61 bits per heavy atom. The molecule has 0 radical (unpaired) electrons. The molecule has 0 spiro atoms. The first-order valence-corrected chi connectivity index (χ1v) is 9.67. The Morgan fingerprint density at radius 2 is 2.06 bits per heavy atom. The predicted molar refractivity (Wildman–Crippen MR) is 115 cm³/mol. The number of methoxy groups -OCH3 is 1. The van der Waals surface area contributed by atoms with Crippen LogP contribution in [0, 0.1) is 11.3 Å². The fourth-order valence-electron chi connectivity index (χ4n) is 3.45. The summed E-state index contributed by atoms with van der Waals surface area (Å²) in [6, 6.07) is 7.71. The number of hydrogen-bond donors (Lipinski definition) is 2. The Hall–Kier alpha value is -3.80. The molecule has 1 aliphatic rings. The third-order valence-electron chi connectivity index (χ3n) is 4.75. The van der Waals surface area contributed by atoms with Crippen LogP contribution in [0.15, 0.2) is 18.2 Å². The standard InChI is InChI=1S/C21H24N4O3.CH2O2/c1-12(2)28-18-6-5-14(9-19(18)27-4)20-15(10-22)21(23)24-17-7-8-25(13(3)26)11-16(17)20;2-1-3/h5-6,9,12H,7-8,11H2,1-4H3,(H2,23,24);1H,(H,2,3). The summed E-state index contributed by atoms with van der Waals surface area (Å²) in [7, 11) is 1.57. The van der Waals surface area contributed by atoms with E-state index in [0.717, 1.165) is 16.8 Å². The average molecular weight is 426 g/mol. The number of pyridine rings is 1. The molecule has 31 heavy (non-hydrogen) atoms. The van der Waals surface area contributed by atoms with E-state index < -0.39 is 0 Å². The quantitative estimate of drug-likeness (QED) is 0.711. The summed E-state index contributed by atoms with van der Waals surface area (Å²) in [6.07, 6.45) is 0.603. The van der Waals surface area contributed by atoms with Crippen molar-refractivity contribution in [3.8, 4) is 28.7 Å². The van der Waals surface area contributed by atoms with Crippen LogP contribution in [-0.4, -0.2) is 47.1 Å². The molecule has 0 unspecified atom stereocenters. The maximum absolute atomic E-state index is 11.9. The molecule has 1 aromatic carbocycles. The van der Waals surface area contributed by atoms with Gasteiger partial charge in [0.2, 0.25) is 5.91 Å². The zero-order chi connectivity index (χ0) is 23.1. The molecule has 1 aromatic heterocycles. The molecule has 0 saturated heterocycles. The van der Waals surface area contributed by atoms with Gasteiger partial charge in [-0.25, -0.2) is 4.98 Å². The lowest BCUT2D eigenvalue weighted by Gasteiger charge is -2.30. The van der Waals surface area contributed by atoms with Gasteiger partial charge < -0.3 is 25.2 Å². The Morgan fingerprint density at radius 1 is 1.39 bits per heavy atom. The molecule has 0 atom stereocenters. The van der Waals surface area contributed by atoms with E-state index in [0.29, 0.717) is 42.1 Å². The minimum atomic E-state index is -0.250. The second-order valence-corrected chi connectivity index (χ2v) is 7.11. The number of carbonyl (C=O) groups is 2. The number of anilines is 1. The van der Waals surface area contributed by atoms with Gasteiger partial charge in [-0.1, -0.05) is 6.07 Å². The lowest BCUT2D eigenvalue weighted by molar-refractivity contribution is -0.129. The van der Waals surface area contributed by atoms with E-state index in [1.165, 1.54) is 0 Å². The van der Waals surface area contributed by atoms with Crippen LogP contribution in [-0.2, 0) is 22.6 Å². The van der Waals surface area contributed by atoms with Gasteiger partial charge in [-0.15, -0.1) is 0 Å². The molecule has 0 saturated carbocycles. The number of amides is 1.